The molecule has 2 N–H and O–H groups in total. The van der Waals surface area contributed by atoms with Crippen molar-refractivity contribution in [1.29, 1.82) is 0 Å². The summed E-state index contributed by atoms with van der Waals surface area (Å²) in [5.74, 6) is 0. The average Bonchev–Trinajstić information content (AvgIpc) is 2.89. The lowest BCUT2D eigenvalue weighted by Gasteiger charge is -2.32. The highest BCUT2D eigenvalue weighted by Gasteiger charge is 2.17. The first-order valence-electron chi connectivity index (χ1n) is 8.11. The van der Waals surface area contributed by atoms with E-state index >= 15 is 0 Å². The van der Waals surface area contributed by atoms with E-state index in [-0.39, 0.29) is 0 Å². The molecule has 0 aliphatic carbocycles. The Balaban J connectivity index is 1.47. The zero-order valence-electron chi connectivity index (χ0n) is 12.8. The highest BCUT2D eigenvalue weighted by atomic mass is 15.2. The van der Waals surface area contributed by atoms with Crippen molar-refractivity contribution in [3.05, 3.63) is 0 Å². The van der Waals surface area contributed by atoms with Gasteiger partial charge in [-0.25, -0.2) is 0 Å². The molecule has 2 fully saturated rings. The van der Waals surface area contributed by atoms with Gasteiger partial charge in [0.2, 0.25) is 0 Å². The van der Waals surface area contributed by atoms with Gasteiger partial charge in [0.1, 0.15) is 0 Å². The number of rotatable bonds is 7. The number of piperazine rings is 1. The van der Waals surface area contributed by atoms with Gasteiger partial charge >= 0.3 is 0 Å². The molecule has 0 spiro atoms. The molecule has 4 heteroatoms. The largest absolute Gasteiger partial charge is 0.314 e. The fourth-order valence-electron chi connectivity index (χ4n) is 3.19. The average molecular weight is 268 g/mol. The quantitative estimate of drug-likeness (QED) is 0.667. The zero-order valence-corrected chi connectivity index (χ0v) is 12.8. The summed E-state index contributed by atoms with van der Waals surface area (Å²) in [4.78, 5) is 5.02. The minimum atomic E-state index is 0.656. The molecule has 0 aromatic carbocycles. The van der Waals surface area contributed by atoms with Crippen LogP contribution in [0.15, 0.2) is 0 Å². The SMILES string of the molecule is CC(CC1CCCN1)NCCCN1CCN(C)CC1. The molecule has 0 bridgehead atoms. The van der Waals surface area contributed by atoms with Gasteiger partial charge in [-0.3, -0.25) is 0 Å². The Labute approximate surface area is 118 Å². The van der Waals surface area contributed by atoms with Gasteiger partial charge in [-0.1, -0.05) is 0 Å². The van der Waals surface area contributed by atoms with Crippen molar-refractivity contribution in [3.8, 4) is 0 Å². The van der Waals surface area contributed by atoms with Crippen molar-refractivity contribution in [1.82, 2.24) is 20.4 Å². The van der Waals surface area contributed by atoms with Gasteiger partial charge in [0.15, 0.2) is 0 Å². The van der Waals surface area contributed by atoms with Crippen LogP contribution in [0.25, 0.3) is 0 Å². The number of hydrogen-bond acceptors (Lipinski definition) is 4. The van der Waals surface area contributed by atoms with E-state index in [4.69, 9.17) is 0 Å². The van der Waals surface area contributed by atoms with Gasteiger partial charge in [-0.15, -0.1) is 0 Å². The van der Waals surface area contributed by atoms with Crippen molar-refractivity contribution in [2.75, 3.05) is 52.9 Å². The molecule has 0 aromatic heterocycles. The first kappa shape index (κ1) is 15.2. The lowest BCUT2D eigenvalue weighted by Crippen LogP contribution is -2.45. The van der Waals surface area contributed by atoms with Crippen LogP contribution in [0.3, 0.4) is 0 Å². The predicted molar refractivity (Wildman–Crippen MR) is 81.7 cm³/mol. The van der Waals surface area contributed by atoms with Crippen LogP contribution in [0, 0.1) is 0 Å². The third-order valence-corrected chi connectivity index (χ3v) is 4.54. The van der Waals surface area contributed by atoms with Crippen LogP contribution in [-0.2, 0) is 0 Å². The van der Waals surface area contributed by atoms with E-state index in [1.165, 1.54) is 71.5 Å². The van der Waals surface area contributed by atoms with Crippen LogP contribution >= 0.6 is 0 Å². The molecule has 19 heavy (non-hydrogen) atoms. The van der Waals surface area contributed by atoms with Crippen LogP contribution in [0.1, 0.15) is 32.6 Å². The Bertz CT molecular complexity index is 232. The standard InChI is InChI=1S/C15H32N4/c1-14(13-15-5-3-6-17-15)16-7-4-8-19-11-9-18(2)10-12-19/h14-17H,3-13H2,1-2H3. The molecule has 0 aromatic rings. The van der Waals surface area contributed by atoms with Gasteiger partial charge in [0, 0.05) is 38.3 Å². The monoisotopic (exact) mass is 268 g/mol. The summed E-state index contributed by atoms with van der Waals surface area (Å²) in [5.41, 5.74) is 0. The Morgan fingerprint density at radius 2 is 2.05 bits per heavy atom. The molecule has 2 rings (SSSR count). The molecular formula is C15H32N4. The van der Waals surface area contributed by atoms with Crippen molar-refractivity contribution in [2.24, 2.45) is 0 Å². The molecule has 0 amide bonds. The Morgan fingerprint density at radius 3 is 2.74 bits per heavy atom. The minimum absolute atomic E-state index is 0.656. The maximum absolute atomic E-state index is 3.68. The molecule has 0 radical (unpaired) electrons. The topological polar surface area (TPSA) is 30.5 Å². The summed E-state index contributed by atoms with van der Waals surface area (Å²) in [6.07, 6.45) is 5.30. The molecule has 2 aliphatic rings. The van der Waals surface area contributed by atoms with Crippen molar-refractivity contribution in [2.45, 2.75) is 44.7 Å². The third kappa shape index (κ3) is 5.78. The summed E-state index contributed by atoms with van der Waals surface area (Å²) < 4.78 is 0. The van der Waals surface area contributed by atoms with E-state index in [0.29, 0.717) is 6.04 Å². The third-order valence-electron chi connectivity index (χ3n) is 4.54. The van der Waals surface area contributed by atoms with Crippen LogP contribution in [0.2, 0.25) is 0 Å². The van der Waals surface area contributed by atoms with Crippen LogP contribution < -0.4 is 10.6 Å². The smallest absolute Gasteiger partial charge is 0.0110 e. The van der Waals surface area contributed by atoms with E-state index in [9.17, 15) is 0 Å². The van der Waals surface area contributed by atoms with Gasteiger partial charge in [-0.2, -0.15) is 0 Å². The fraction of sp³-hybridized carbons (Fsp3) is 1.00. The Kier molecular flexibility index (Phi) is 6.57. The van der Waals surface area contributed by atoms with E-state index in [1.54, 1.807) is 0 Å². The van der Waals surface area contributed by atoms with Crippen LogP contribution in [0.4, 0.5) is 0 Å². The lowest BCUT2D eigenvalue weighted by atomic mass is 10.1. The Hall–Kier alpha value is -0.160. The molecule has 2 aliphatic heterocycles. The van der Waals surface area contributed by atoms with E-state index in [1.807, 2.05) is 0 Å². The van der Waals surface area contributed by atoms with Gasteiger partial charge in [0.25, 0.3) is 0 Å². The summed E-state index contributed by atoms with van der Waals surface area (Å²) in [6.45, 7) is 10.9. The van der Waals surface area contributed by atoms with Crippen LogP contribution in [0.5, 0.6) is 0 Å². The predicted octanol–water partition coefficient (Wildman–Crippen LogP) is 0.744. The summed E-state index contributed by atoms with van der Waals surface area (Å²) in [5, 5.41) is 7.26. The highest BCUT2D eigenvalue weighted by molar-refractivity contribution is 4.78. The van der Waals surface area contributed by atoms with Crippen molar-refractivity contribution < 1.29 is 0 Å². The summed E-state index contributed by atoms with van der Waals surface area (Å²) in [6, 6.07) is 1.42. The summed E-state index contributed by atoms with van der Waals surface area (Å²) >= 11 is 0. The molecule has 2 unspecified atom stereocenters. The highest BCUT2D eigenvalue weighted by Crippen LogP contribution is 2.10. The first-order valence-corrected chi connectivity index (χ1v) is 8.11. The first-order chi connectivity index (χ1) is 9.24. The lowest BCUT2D eigenvalue weighted by molar-refractivity contribution is 0.152. The molecular weight excluding hydrogens is 236 g/mol. The van der Waals surface area contributed by atoms with Crippen LogP contribution in [-0.4, -0.2) is 74.7 Å². The number of hydrogen-bond donors (Lipinski definition) is 2. The van der Waals surface area contributed by atoms with Crippen molar-refractivity contribution in [3.63, 3.8) is 0 Å². The second-order valence-electron chi connectivity index (χ2n) is 6.38. The summed E-state index contributed by atoms with van der Waals surface area (Å²) in [7, 11) is 2.22. The maximum atomic E-state index is 3.68. The number of nitrogens with zero attached hydrogens (tertiary/aromatic N) is 2. The Morgan fingerprint density at radius 1 is 1.26 bits per heavy atom. The fourth-order valence-corrected chi connectivity index (χ4v) is 3.19. The van der Waals surface area contributed by atoms with E-state index in [0.717, 1.165) is 6.04 Å². The van der Waals surface area contributed by atoms with Gasteiger partial charge in [-0.05, 0) is 59.3 Å². The van der Waals surface area contributed by atoms with Gasteiger partial charge < -0.3 is 20.4 Å². The zero-order chi connectivity index (χ0) is 13.5. The van der Waals surface area contributed by atoms with E-state index in [2.05, 4.69) is 34.4 Å². The molecule has 2 heterocycles. The maximum Gasteiger partial charge on any atom is 0.0110 e. The van der Waals surface area contributed by atoms with E-state index < -0.39 is 0 Å². The molecule has 4 nitrogen and oxygen atoms in total. The number of nitrogens with one attached hydrogen (secondary N) is 2. The second kappa shape index (κ2) is 8.20. The minimum Gasteiger partial charge on any atom is -0.314 e. The molecule has 112 valence electrons. The van der Waals surface area contributed by atoms with Gasteiger partial charge in [0.05, 0.1) is 0 Å². The number of likely N-dealkylation sites (N-methyl/N-ethyl adjacent to an activating group) is 1. The normalized spacial score (nSPS) is 27.8. The second-order valence-corrected chi connectivity index (χ2v) is 6.38. The molecule has 2 saturated heterocycles. The van der Waals surface area contributed by atoms with Crippen molar-refractivity contribution >= 4 is 0 Å². The molecule has 2 atom stereocenters. The molecule has 0 saturated carbocycles.